The highest BCUT2D eigenvalue weighted by atomic mass is 35.5. The molecule has 100 valence electrons. The number of fused-ring (bicyclic) bond motifs is 1. The summed E-state index contributed by atoms with van der Waals surface area (Å²) in [4.78, 5) is 11.6. The van der Waals surface area contributed by atoms with Crippen molar-refractivity contribution in [3.63, 3.8) is 0 Å². The van der Waals surface area contributed by atoms with Gasteiger partial charge >= 0.3 is 0 Å². The topological polar surface area (TPSA) is 50.4 Å². The molecular weight excluding hydrogens is 252 g/mol. The van der Waals surface area contributed by atoms with Crippen LogP contribution in [0.4, 0.5) is 5.69 Å². The molecule has 0 aliphatic carbocycles. The van der Waals surface area contributed by atoms with Crippen molar-refractivity contribution in [2.24, 2.45) is 0 Å². The highest BCUT2D eigenvalue weighted by Gasteiger charge is 2.12. The third-order valence-corrected chi connectivity index (χ3v) is 2.80. The molecule has 5 heteroatoms. The van der Waals surface area contributed by atoms with Crippen molar-refractivity contribution in [2.75, 3.05) is 25.5 Å². The summed E-state index contributed by atoms with van der Waals surface area (Å²) in [6.07, 6.45) is 2.34. The first-order valence-electron chi connectivity index (χ1n) is 6.00. The Morgan fingerprint density at radius 2 is 2.28 bits per heavy atom. The van der Waals surface area contributed by atoms with Crippen LogP contribution >= 0.6 is 12.4 Å². The Bertz CT molecular complexity index is 410. The number of nitrogens with one attached hydrogen (secondary N) is 2. The summed E-state index contributed by atoms with van der Waals surface area (Å²) in [6, 6.07) is 5.81. The number of amides is 1. The predicted molar refractivity (Wildman–Crippen MR) is 74.7 cm³/mol. The van der Waals surface area contributed by atoms with E-state index in [4.69, 9.17) is 4.74 Å². The van der Waals surface area contributed by atoms with Crippen LogP contribution in [0.1, 0.15) is 18.4 Å². The van der Waals surface area contributed by atoms with E-state index < -0.39 is 0 Å². The molecule has 0 spiro atoms. The summed E-state index contributed by atoms with van der Waals surface area (Å²) in [6.45, 7) is 1.61. The molecule has 0 atom stereocenters. The molecule has 1 aromatic rings. The van der Waals surface area contributed by atoms with Gasteiger partial charge in [0.25, 0.3) is 0 Å². The maximum atomic E-state index is 11.6. The average molecular weight is 271 g/mol. The molecule has 2 N–H and O–H groups in total. The van der Waals surface area contributed by atoms with Crippen LogP contribution in [0.15, 0.2) is 18.2 Å². The fourth-order valence-electron chi connectivity index (χ4n) is 1.91. The molecule has 1 amide bonds. The lowest BCUT2D eigenvalue weighted by molar-refractivity contribution is -0.116. The fourth-order valence-corrected chi connectivity index (χ4v) is 1.91. The van der Waals surface area contributed by atoms with Gasteiger partial charge < -0.3 is 15.4 Å². The first-order valence-corrected chi connectivity index (χ1v) is 6.00. The van der Waals surface area contributed by atoms with Gasteiger partial charge in [-0.1, -0.05) is 0 Å². The Morgan fingerprint density at radius 1 is 1.44 bits per heavy atom. The fraction of sp³-hybridized carbons (Fsp3) is 0.462. The van der Waals surface area contributed by atoms with Crippen molar-refractivity contribution in [2.45, 2.75) is 19.3 Å². The lowest BCUT2D eigenvalue weighted by atomic mass is 10.1. The standard InChI is InChI=1S/C13H18N2O2.ClH/c1-14-7-2-3-13(16)15-11-4-5-12-10(9-11)6-8-17-12;/h4-5,9,14H,2-3,6-8H2,1H3,(H,15,16);1H. The summed E-state index contributed by atoms with van der Waals surface area (Å²) in [5.74, 6) is 1.01. The van der Waals surface area contributed by atoms with E-state index in [9.17, 15) is 4.79 Å². The number of carbonyl (C=O) groups is 1. The molecule has 1 aliphatic rings. The molecule has 1 aliphatic heterocycles. The molecule has 0 bridgehead atoms. The number of halogens is 1. The lowest BCUT2D eigenvalue weighted by Gasteiger charge is -2.06. The van der Waals surface area contributed by atoms with Gasteiger partial charge in [-0.05, 0) is 43.8 Å². The number of carbonyl (C=O) groups excluding carboxylic acids is 1. The zero-order valence-corrected chi connectivity index (χ0v) is 11.3. The maximum Gasteiger partial charge on any atom is 0.224 e. The van der Waals surface area contributed by atoms with Crippen LogP contribution in [-0.2, 0) is 11.2 Å². The first kappa shape index (κ1) is 14.8. The van der Waals surface area contributed by atoms with Crippen molar-refractivity contribution in [1.82, 2.24) is 5.32 Å². The summed E-state index contributed by atoms with van der Waals surface area (Å²) in [5.41, 5.74) is 2.04. The monoisotopic (exact) mass is 270 g/mol. The smallest absolute Gasteiger partial charge is 0.224 e. The van der Waals surface area contributed by atoms with Crippen LogP contribution in [0.2, 0.25) is 0 Å². The minimum Gasteiger partial charge on any atom is -0.493 e. The first-order chi connectivity index (χ1) is 8.29. The van der Waals surface area contributed by atoms with E-state index in [0.29, 0.717) is 6.42 Å². The molecule has 1 heterocycles. The summed E-state index contributed by atoms with van der Waals surface area (Å²) in [5, 5.41) is 5.93. The number of ether oxygens (including phenoxy) is 1. The maximum absolute atomic E-state index is 11.6. The molecule has 0 fully saturated rings. The van der Waals surface area contributed by atoms with Crippen molar-refractivity contribution in [3.8, 4) is 5.75 Å². The van der Waals surface area contributed by atoms with Gasteiger partial charge in [0.15, 0.2) is 0 Å². The SMILES string of the molecule is CNCCCC(=O)Nc1ccc2c(c1)CCO2.Cl. The van der Waals surface area contributed by atoms with E-state index in [1.807, 2.05) is 25.2 Å². The third kappa shape index (κ3) is 3.89. The Morgan fingerprint density at radius 3 is 3.06 bits per heavy atom. The van der Waals surface area contributed by atoms with Crippen LogP contribution in [-0.4, -0.2) is 26.1 Å². The average Bonchev–Trinajstić information content (AvgIpc) is 2.76. The van der Waals surface area contributed by atoms with Crippen molar-refractivity contribution >= 4 is 24.0 Å². The molecule has 18 heavy (non-hydrogen) atoms. The van der Waals surface area contributed by atoms with Crippen LogP contribution in [0.3, 0.4) is 0 Å². The van der Waals surface area contributed by atoms with Gasteiger partial charge in [0, 0.05) is 18.5 Å². The minimum atomic E-state index is 0. The van der Waals surface area contributed by atoms with Gasteiger partial charge in [0.1, 0.15) is 5.75 Å². The van der Waals surface area contributed by atoms with E-state index in [1.54, 1.807) is 0 Å². The van der Waals surface area contributed by atoms with Gasteiger partial charge in [-0.3, -0.25) is 4.79 Å². The van der Waals surface area contributed by atoms with E-state index >= 15 is 0 Å². The lowest BCUT2D eigenvalue weighted by Crippen LogP contribution is -2.15. The number of rotatable bonds is 5. The highest BCUT2D eigenvalue weighted by molar-refractivity contribution is 5.90. The Kier molecular flexibility index (Phi) is 5.95. The van der Waals surface area contributed by atoms with Crippen molar-refractivity contribution in [1.29, 1.82) is 0 Å². The minimum absolute atomic E-state index is 0. The zero-order valence-electron chi connectivity index (χ0n) is 10.5. The van der Waals surface area contributed by atoms with Crippen molar-refractivity contribution < 1.29 is 9.53 Å². The summed E-state index contributed by atoms with van der Waals surface area (Å²) in [7, 11) is 1.89. The van der Waals surface area contributed by atoms with E-state index in [2.05, 4.69) is 10.6 Å². The second kappa shape index (κ2) is 7.24. The largest absolute Gasteiger partial charge is 0.493 e. The molecule has 1 aromatic carbocycles. The van der Waals surface area contributed by atoms with Crippen LogP contribution in [0, 0.1) is 0 Å². The van der Waals surface area contributed by atoms with Gasteiger partial charge in [-0.2, -0.15) is 0 Å². The Hall–Kier alpha value is -1.26. The molecule has 0 aromatic heterocycles. The van der Waals surface area contributed by atoms with Crippen LogP contribution in [0.25, 0.3) is 0 Å². The van der Waals surface area contributed by atoms with Gasteiger partial charge in [-0.25, -0.2) is 0 Å². The van der Waals surface area contributed by atoms with Gasteiger partial charge in [0.2, 0.25) is 5.91 Å². The van der Waals surface area contributed by atoms with E-state index in [0.717, 1.165) is 37.4 Å². The molecule has 0 radical (unpaired) electrons. The molecule has 0 saturated carbocycles. The number of anilines is 1. The van der Waals surface area contributed by atoms with Crippen LogP contribution < -0.4 is 15.4 Å². The summed E-state index contributed by atoms with van der Waals surface area (Å²) >= 11 is 0. The van der Waals surface area contributed by atoms with E-state index in [1.165, 1.54) is 5.56 Å². The van der Waals surface area contributed by atoms with E-state index in [-0.39, 0.29) is 18.3 Å². The Balaban J connectivity index is 0.00000162. The van der Waals surface area contributed by atoms with Crippen LogP contribution in [0.5, 0.6) is 5.75 Å². The normalized spacial score (nSPS) is 12.3. The summed E-state index contributed by atoms with van der Waals surface area (Å²) < 4.78 is 5.42. The zero-order chi connectivity index (χ0) is 12.1. The number of hydrogen-bond donors (Lipinski definition) is 2. The second-order valence-electron chi connectivity index (χ2n) is 4.18. The molecule has 2 rings (SSSR count). The molecule has 0 saturated heterocycles. The molecular formula is C13H19ClN2O2. The highest BCUT2D eigenvalue weighted by Crippen LogP contribution is 2.27. The molecule has 0 unspecified atom stereocenters. The predicted octanol–water partition coefficient (Wildman–Crippen LogP) is 1.98. The number of benzene rings is 1. The molecule has 4 nitrogen and oxygen atoms in total. The Labute approximate surface area is 114 Å². The van der Waals surface area contributed by atoms with Crippen molar-refractivity contribution in [3.05, 3.63) is 23.8 Å². The number of hydrogen-bond acceptors (Lipinski definition) is 3. The van der Waals surface area contributed by atoms with Gasteiger partial charge in [0.05, 0.1) is 6.61 Å². The van der Waals surface area contributed by atoms with Gasteiger partial charge in [-0.15, -0.1) is 12.4 Å². The quantitative estimate of drug-likeness (QED) is 0.805. The second-order valence-corrected chi connectivity index (χ2v) is 4.18. The third-order valence-electron chi connectivity index (χ3n) is 2.80.